The van der Waals surface area contributed by atoms with Crippen molar-refractivity contribution in [1.29, 1.82) is 0 Å². The molecule has 0 aromatic heterocycles. The summed E-state index contributed by atoms with van der Waals surface area (Å²) in [6, 6.07) is 15.7. The van der Waals surface area contributed by atoms with E-state index in [0.29, 0.717) is 12.0 Å². The molecule has 1 N–H and O–H groups in total. The van der Waals surface area contributed by atoms with Gasteiger partial charge in [0.2, 0.25) is 0 Å². The minimum atomic E-state index is 0.558. The van der Waals surface area contributed by atoms with E-state index in [0.717, 1.165) is 15.9 Å². The zero-order chi connectivity index (χ0) is 14.8. The number of halogens is 1. The van der Waals surface area contributed by atoms with E-state index in [9.17, 15) is 0 Å². The van der Waals surface area contributed by atoms with E-state index >= 15 is 0 Å². The van der Waals surface area contributed by atoms with E-state index < -0.39 is 0 Å². The molecule has 21 heavy (non-hydrogen) atoms. The van der Waals surface area contributed by atoms with Crippen molar-refractivity contribution in [3.63, 3.8) is 0 Å². The molecular weight excluding hydrogens is 326 g/mol. The van der Waals surface area contributed by atoms with Gasteiger partial charge in [-0.15, -0.1) is 0 Å². The molecule has 3 heteroatoms. The van der Waals surface area contributed by atoms with Crippen molar-refractivity contribution in [2.24, 2.45) is 0 Å². The maximum atomic E-state index is 5.33. The van der Waals surface area contributed by atoms with Crippen molar-refractivity contribution in [2.75, 3.05) is 12.4 Å². The van der Waals surface area contributed by atoms with Crippen LogP contribution in [0.2, 0.25) is 0 Å². The molecule has 1 fully saturated rings. The molecule has 0 aliphatic heterocycles. The molecule has 2 aromatic carbocycles. The van der Waals surface area contributed by atoms with E-state index in [-0.39, 0.29) is 0 Å². The molecule has 0 unspecified atom stereocenters. The Hall–Kier alpha value is -1.48. The van der Waals surface area contributed by atoms with Crippen molar-refractivity contribution in [3.8, 4) is 5.75 Å². The molecule has 0 saturated heterocycles. The third-order valence-corrected chi connectivity index (χ3v) is 4.86. The third kappa shape index (κ3) is 3.24. The van der Waals surface area contributed by atoms with Crippen LogP contribution in [0.4, 0.5) is 5.69 Å². The summed E-state index contributed by atoms with van der Waals surface area (Å²) in [6.07, 6.45) is 2.39. The number of nitrogens with one attached hydrogen (secondary N) is 1. The van der Waals surface area contributed by atoms with Crippen LogP contribution < -0.4 is 10.1 Å². The first-order chi connectivity index (χ1) is 10.2. The van der Waals surface area contributed by atoms with Crippen LogP contribution in [0.3, 0.4) is 0 Å². The van der Waals surface area contributed by atoms with Crippen LogP contribution >= 0.6 is 15.9 Å². The summed E-state index contributed by atoms with van der Waals surface area (Å²) in [5, 5.41) is 3.59. The molecule has 0 spiro atoms. The number of benzene rings is 2. The van der Waals surface area contributed by atoms with Gasteiger partial charge in [-0.05, 0) is 59.3 Å². The molecule has 1 aliphatic carbocycles. The van der Waals surface area contributed by atoms with Gasteiger partial charge in [0.1, 0.15) is 5.75 Å². The van der Waals surface area contributed by atoms with Crippen LogP contribution in [-0.4, -0.2) is 13.2 Å². The first-order valence-corrected chi connectivity index (χ1v) is 8.11. The van der Waals surface area contributed by atoms with Gasteiger partial charge in [0.25, 0.3) is 0 Å². The van der Waals surface area contributed by atoms with Crippen LogP contribution in [-0.2, 0) is 0 Å². The van der Waals surface area contributed by atoms with Crippen LogP contribution in [0, 0.1) is 6.92 Å². The lowest BCUT2D eigenvalue weighted by atomic mass is 9.75. The minimum Gasteiger partial charge on any atom is -0.495 e. The number of anilines is 1. The number of hydrogen-bond donors (Lipinski definition) is 1. The Bertz CT molecular complexity index is 618. The fourth-order valence-electron chi connectivity index (χ4n) is 2.83. The van der Waals surface area contributed by atoms with Gasteiger partial charge in [0, 0.05) is 17.8 Å². The maximum absolute atomic E-state index is 5.33. The molecule has 2 aromatic rings. The Morgan fingerprint density at radius 3 is 2.48 bits per heavy atom. The van der Waals surface area contributed by atoms with Gasteiger partial charge in [-0.3, -0.25) is 0 Å². The Balaban J connectivity index is 1.58. The molecule has 1 saturated carbocycles. The number of rotatable bonds is 4. The van der Waals surface area contributed by atoms with Gasteiger partial charge in [0.05, 0.1) is 11.6 Å². The Morgan fingerprint density at radius 1 is 1.10 bits per heavy atom. The standard InChI is InChI=1S/C18H20BrNO/c1-12-3-5-13(6-4-12)14-9-16(10-14)20-15-7-8-17(19)18(11-15)21-2/h3-8,11,14,16,20H,9-10H2,1-2H3. The van der Waals surface area contributed by atoms with Crippen molar-refractivity contribution in [3.05, 3.63) is 58.1 Å². The second-order valence-electron chi connectivity index (χ2n) is 5.77. The Labute approximate surface area is 134 Å². The summed E-state index contributed by atoms with van der Waals surface area (Å²) in [6.45, 7) is 2.13. The van der Waals surface area contributed by atoms with Gasteiger partial charge >= 0.3 is 0 Å². The van der Waals surface area contributed by atoms with Crippen molar-refractivity contribution in [1.82, 2.24) is 0 Å². The normalized spacial score (nSPS) is 20.7. The van der Waals surface area contributed by atoms with Crippen molar-refractivity contribution in [2.45, 2.75) is 31.7 Å². The summed E-state index contributed by atoms with van der Waals surface area (Å²) in [5.41, 5.74) is 3.92. The van der Waals surface area contributed by atoms with E-state index in [1.54, 1.807) is 7.11 Å². The molecule has 2 nitrogen and oxygen atoms in total. The monoisotopic (exact) mass is 345 g/mol. The predicted molar refractivity (Wildman–Crippen MR) is 91.3 cm³/mol. The highest BCUT2D eigenvalue weighted by atomic mass is 79.9. The smallest absolute Gasteiger partial charge is 0.135 e. The summed E-state index contributed by atoms with van der Waals surface area (Å²) in [7, 11) is 1.70. The lowest BCUT2D eigenvalue weighted by Gasteiger charge is -2.37. The Morgan fingerprint density at radius 2 is 1.81 bits per heavy atom. The van der Waals surface area contributed by atoms with Crippen LogP contribution in [0.15, 0.2) is 46.9 Å². The van der Waals surface area contributed by atoms with Crippen LogP contribution in [0.25, 0.3) is 0 Å². The number of aryl methyl sites for hydroxylation is 1. The SMILES string of the molecule is COc1cc(NC2CC(c3ccc(C)cc3)C2)ccc1Br. The topological polar surface area (TPSA) is 21.3 Å². The fourth-order valence-corrected chi connectivity index (χ4v) is 3.24. The molecule has 110 valence electrons. The maximum Gasteiger partial charge on any atom is 0.135 e. The highest BCUT2D eigenvalue weighted by Gasteiger charge is 2.30. The van der Waals surface area contributed by atoms with Gasteiger partial charge in [-0.1, -0.05) is 29.8 Å². The predicted octanol–water partition coefficient (Wildman–Crippen LogP) is 5.12. The lowest BCUT2D eigenvalue weighted by molar-refractivity contribution is 0.373. The zero-order valence-corrected chi connectivity index (χ0v) is 14.0. The van der Waals surface area contributed by atoms with Crippen molar-refractivity contribution < 1.29 is 4.74 Å². The summed E-state index contributed by atoms with van der Waals surface area (Å²) < 4.78 is 6.32. The van der Waals surface area contributed by atoms with Gasteiger partial charge in [-0.25, -0.2) is 0 Å². The van der Waals surface area contributed by atoms with Crippen LogP contribution in [0.1, 0.15) is 29.9 Å². The quantitative estimate of drug-likeness (QED) is 0.829. The van der Waals surface area contributed by atoms with Crippen molar-refractivity contribution >= 4 is 21.6 Å². The summed E-state index contributed by atoms with van der Waals surface area (Å²) in [5.74, 6) is 1.56. The lowest BCUT2D eigenvalue weighted by Crippen LogP contribution is -2.33. The molecule has 1 aliphatic rings. The molecule has 0 heterocycles. The number of ether oxygens (including phenoxy) is 1. The average molecular weight is 346 g/mol. The summed E-state index contributed by atoms with van der Waals surface area (Å²) >= 11 is 3.48. The molecule has 0 radical (unpaired) electrons. The number of hydrogen-bond acceptors (Lipinski definition) is 2. The average Bonchev–Trinajstić information content (AvgIpc) is 2.45. The fraction of sp³-hybridized carbons (Fsp3) is 0.333. The van der Waals surface area contributed by atoms with E-state index in [2.05, 4.69) is 58.5 Å². The second kappa shape index (κ2) is 6.10. The summed E-state index contributed by atoms with van der Waals surface area (Å²) in [4.78, 5) is 0. The van der Waals surface area contributed by atoms with E-state index in [1.165, 1.54) is 24.0 Å². The minimum absolute atomic E-state index is 0.558. The molecule has 0 bridgehead atoms. The number of methoxy groups -OCH3 is 1. The van der Waals surface area contributed by atoms with E-state index in [1.807, 2.05) is 12.1 Å². The second-order valence-corrected chi connectivity index (χ2v) is 6.62. The first kappa shape index (κ1) is 14.5. The van der Waals surface area contributed by atoms with E-state index in [4.69, 9.17) is 4.74 Å². The Kier molecular flexibility index (Phi) is 4.20. The highest BCUT2D eigenvalue weighted by Crippen LogP contribution is 2.39. The van der Waals surface area contributed by atoms with Crippen LogP contribution in [0.5, 0.6) is 5.75 Å². The van der Waals surface area contributed by atoms with Gasteiger partial charge < -0.3 is 10.1 Å². The van der Waals surface area contributed by atoms with Gasteiger partial charge in [0.15, 0.2) is 0 Å². The molecule has 0 atom stereocenters. The highest BCUT2D eigenvalue weighted by molar-refractivity contribution is 9.10. The molecule has 0 amide bonds. The zero-order valence-electron chi connectivity index (χ0n) is 12.4. The molecule has 3 rings (SSSR count). The first-order valence-electron chi connectivity index (χ1n) is 7.32. The third-order valence-electron chi connectivity index (χ3n) is 4.21. The molecular formula is C18H20BrNO. The largest absolute Gasteiger partial charge is 0.495 e. The van der Waals surface area contributed by atoms with Gasteiger partial charge in [-0.2, -0.15) is 0 Å².